The molecule has 0 aromatic heterocycles. The second-order valence-corrected chi connectivity index (χ2v) is 12.3. The molecule has 44 heavy (non-hydrogen) atoms. The van der Waals surface area contributed by atoms with E-state index in [2.05, 4.69) is 25.4 Å². The third-order valence-corrected chi connectivity index (χ3v) is 10.3. The van der Waals surface area contributed by atoms with Crippen LogP contribution < -0.4 is 0 Å². The predicted octanol–water partition coefficient (Wildman–Crippen LogP) is 9.16. The maximum absolute atomic E-state index is 13.6. The third kappa shape index (κ3) is 7.93. The summed E-state index contributed by atoms with van der Waals surface area (Å²) in [5, 5.41) is 11.6. The van der Waals surface area contributed by atoms with Gasteiger partial charge in [0.15, 0.2) is 0 Å². The normalized spacial score (nSPS) is 19.9. The molecule has 0 radical (unpaired) electrons. The first-order chi connectivity index (χ1) is 19.7. The fraction of sp³-hybridized carbons (Fsp3) is 1.00. The summed E-state index contributed by atoms with van der Waals surface area (Å²) >= 11 is 2.83. The Hall–Kier alpha value is -0.560. The molecule has 18 heteroatoms. The molecule has 1 aliphatic rings. The van der Waals surface area contributed by atoms with E-state index < -0.39 is 83.7 Å². The van der Waals surface area contributed by atoms with E-state index in [1.807, 2.05) is 0 Å². The molecule has 0 aromatic carbocycles. The molecular formula is C26H40BrF12NO4. The minimum Gasteiger partial charge on any atom is -0.377 e. The smallest absolute Gasteiger partial charge is 0.377 e. The largest absolute Gasteiger partial charge is 0.426 e. The average molecular weight is 738 g/mol. The van der Waals surface area contributed by atoms with E-state index in [1.54, 1.807) is 27.7 Å². The van der Waals surface area contributed by atoms with Crippen molar-refractivity contribution in [1.29, 1.82) is 0 Å². The van der Waals surface area contributed by atoms with E-state index in [-0.39, 0.29) is 26.7 Å². The van der Waals surface area contributed by atoms with Crippen LogP contribution in [0.2, 0.25) is 0 Å². The zero-order valence-corrected chi connectivity index (χ0v) is 26.8. The standard InChI is InChI=1S/C26H40BrF12NO4/c1-7-21(8-2)11-17(12-22(9-3,10-4)40(21)41)42-14-20(13-27,15-43-18(5,23(28,29)30)24(31,32)33)16-44-19(6,25(34,35)36)26(37,38)39/h17,41H,7-16H2,1-6H3. The van der Waals surface area contributed by atoms with Gasteiger partial charge in [-0.05, 0) is 52.4 Å². The van der Waals surface area contributed by atoms with Crippen LogP contribution in [-0.4, -0.2) is 88.5 Å². The number of ether oxygens (including phenoxy) is 3. The van der Waals surface area contributed by atoms with Gasteiger partial charge in [-0.25, -0.2) is 0 Å². The Labute approximate surface area is 257 Å². The predicted molar refractivity (Wildman–Crippen MR) is 138 cm³/mol. The number of alkyl halides is 13. The van der Waals surface area contributed by atoms with Gasteiger partial charge in [0.2, 0.25) is 0 Å². The molecule has 0 spiro atoms. The highest BCUT2D eigenvalue weighted by Gasteiger charge is 2.71. The summed E-state index contributed by atoms with van der Waals surface area (Å²) in [5.41, 5.74) is -13.8. The summed E-state index contributed by atoms with van der Waals surface area (Å²) in [6, 6.07) is 0. The number of rotatable bonds is 14. The molecule has 1 aliphatic heterocycles. The highest BCUT2D eigenvalue weighted by molar-refractivity contribution is 9.09. The molecule has 264 valence electrons. The zero-order chi connectivity index (χ0) is 34.8. The van der Waals surface area contributed by atoms with Crippen molar-refractivity contribution in [3.8, 4) is 0 Å². The molecule has 1 rings (SSSR count). The fourth-order valence-electron chi connectivity index (χ4n) is 5.17. The molecule has 0 saturated carbocycles. The van der Waals surface area contributed by atoms with Crippen molar-refractivity contribution in [3.05, 3.63) is 0 Å². The Morgan fingerprint density at radius 1 is 0.636 bits per heavy atom. The second kappa shape index (κ2) is 13.9. The second-order valence-electron chi connectivity index (χ2n) is 11.8. The molecule has 0 aliphatic carbocycles. The van der Waals surface area contributed by atoms with E-state index in [0.29, 0.717) is 25.7 Å². The lowest BCUT2D eigenvalue weighted by atomic mass is 9.71. The number of nitrogens with zero attached hydrogens (tertiary/aromatic N) is 1. The average Bonchev–Trinajstić information content (AvgIpc) is 2.90. The molecule has 0 unspecified atom stereocenters. The van der Waals surface area contributed by atoms with Crippen molar-refractivity contribution >= 4 is 15.9 Å². The molecular weight excluding hydrogens is 698 g/mol. The lowest BCUT2D eigenvalue weighted by Gasteiger charge is -2.56. The highest BCUT2D eigenvalue weighted by atomic mass is 79.9. The van der Waals surface area contributed by atoms with Crippen molar-refractivity contribution in [2.75, 3.05) is 25.2 Å². The maximum atomic E-state index is 13.6. The molecule has 1 heterocycles. The fourth-order valence-corrected chi connectivity index (χ4v) is 5.65. The molecule has 0 amide bonds. The van der Waals surface area contributed by atoms with Gasteiger partial charge in [-0.3, -0.25) is 0 Å². The van der Waals surface area contributed by atoms with Crippen LogP contribution >= 0.6 is 15.9 Å². The van der Waals surface area contributed by atoms with E-state index in [1.165, 1.54) is 5.06 Å². The van der Waals surface area contributed by atoms with E-state index in [0.717, 1.165) is 0 Å². The first-order valence-corrected chi connectivity index (χ1v) is 15.0. The first kappa shape index (κ1) is 41.5. The zero-order valence-electron chi connectivity index (χ0n) is 25.2. The Bertz CT molecular complexity index is 823. The lowest BCUT2D eigenvalue weighted by Crippen LogP contribution is -2.65. The first-order valence-electron chi connectivity index (χ1n) is 13.9. The summed E-state index contributed by atoms with van der Waals surface area (Å²) in [4.78, 5) is 0. The van der Waals surface area contributed by atoms with Crippen molar-refractivity contribution in [3.63, 3.8) is 0 Å². The summed E-state index contributed by atoms with van der Waals surface area (Å²) < 4.78 is 177. The van der Waals surface area contributed by atoms with Crippen LogP contribution in [0, 0.1) is 5.41 Å². The van der Waals surface area contributed by atoms with Gasteiger partial charge in [0.25, 0.3) is 11.2 Å². The van der Waals surface area contributed by atoms with Crippen molar-refractivity contribution in [2.24, 2.45) is 5.41 Å². The van der Waals surface area contributed by atoms with Gasteiger partial charge in [-0.1, -0.05) is 43.6 Å². The quantitative estimate of drug-likeness (QED) is 0.142. The number of hydrogen-bond acceptors (Lipinski definition) is 5. The van der Waals surface area contributed by atoms with E-state index in [4.69, 9.17) is 4.74 Å². The Kier molecular flexibility index (Phi) is 13.1. The minimum atomic E-state index is -6.06. The maximum Gasteiger partial charge on any atom is 0.426 e. The van der Waals surface area contributed by atoms with Gasteiger partial charge in [0, 0.05) is 16.4 Å². The topological polar surface area (TPSA) is 51.2 Å². The summed E-state index contributed by atoms with van der Waals surface area (Å²) in [6.07, 6.45) is -23.3. The van der Waals surface area contributed by atoms with Crippen LogP contribution in [0.25, 0.3) is 0 Å². The van der Waals surface area contributed by atoms with Gasteiger partial charge in [0.1, 0.15) is 0 Å². The summed E-state index contributed by atoms with van der Waals surface area (Å²) in [5.74, 6) is 0. The van der Waals surface area contributed by atoms with Crippen LogP contribution in [0.15, 0.2) is 0 Å². The molecule has 1 N–H and O–H groups in total. The van der Waals surface area contributed by atoms with Crippen LogP contribution in [0.3, 0.4) is 0 Å². The van der Waals surface area contributed by atoms with Gasteiger partial charge >= 0.3 is 24.7 Å². The number of hydroxylamine groups is 2. The lowest BCUT2D eigenvalue weighted by molar-refractivity contribution is -0.388. The SMILES string of the molecule is CCC1(CC)CC(OCC(CBr)(COC(C)(C(F)(F)F)C(F)(F)F)COC(C)(C(F)(F)F)C(F)(F)F)CC(CC)(CC)N1O. The Morgan fingerprint density at radius 3 is 1.16 bits per heavy atom. The molecule has 1 fully saturated rings. The molecule has 5 nitrogen and oxygen atoms in total. The summed E-state index contributed by atoms with van der Waals surface area (Å²) in [7, 11) is 0. The van der Waals surface area contributed by atoms with Crippen LogP contribution in [-0.2, 0) is 14.2 Å². The van der Waals surface area contributed by atoms with Crippen LogP contribution in [0.4, 0.5) is 52.7 Å². The number of hydrogen-bond donors (Lipinski definition) is 1. The molecule has 0 aromatic rings. The van der Waals surface area contributed by atoms with Gasteiger partial charge in [-0.2, -0.15) is 57.7 Å². The van der Waals surface area contributed by atoms with Crippen molar-refractivity contribution < 1.29 is 72.1 Å². The molecule has 1 saturated heterocycles. The van der Waals surface area contributed by atoms with Crippen molar-refractivity contribution in [1.82, 2.24) is 5.06 Å². The monoisotopic (exact) mass is 737 g/mol. The Morgan fingerprint density at radius 2 is 0.932 bits per heavy atom. The van der Waals surface area contributed by atoms with E-state index >= 15 is 0 Å². The van der Waals surface area contributed by atoms with Gasteiger partial charge in [0.05, 0.1) is 31.3 Å². The highest BCUT2D eigenvalue weighted by Crippen LogP contribution is 2.50. The number of halogens is 13. The third-order valence-electron chi connectivity index (χ3n) is 9.15. The van der Waals surface area contributed by atoms with Gasteiger partial charge < -0.3 is 19.4 Å². The van der Waals surface area contributed by atoms with Crippen LogP contribution in [0.5, 0.6) is 0 Å². The Balaban J connectivity index is 3.60. The van der Waals surface area contributed by atoms with E-state index in [9.17, 15) is 57.9 Å². The van der Waals surface area contributed by atoms with Gasteiger partial charge in [-0.15, -0.1) is 0 Å². The minimum absolute atomic E-state index is 0.101. The van der Waals surface area contributed by atoms with Crippen LogP contribution in [0.1, 0.15) is 80.1 Å². The molecule has 0 atom stereocenters. The van der Waals surface area contributed by atoms with Crippen molar-refractivity contribution in [2.45, 2.75) is 133 Å². The number of piperidine rings is 1. The summed E-state index contributed by atoms with van der Waals surface area (Å²) in [6.45, 7) is 2.18. The molecule has 0 bridgehead atoms.